The van der Waals surface area contributed by atoms with E-state index in [9.17, 15) is 4.21 Å². The van der Waals surface area contributed by atoms with Crippen LogP contribution in [0.1, 0.15) is 6.92 Å². The average molecular weight is 138 g/mol. The molecule has 0 spiro atoms. The fourth-order valence-corrected chi connectivity index (χ4v) is 0.331. The monoisotopic (exact) mass is 138 g/mol. The predicted molar refractivity (Wildman–Crippen MR) is 33.4 cm³/mol. The van der Waals surface area contributed by atoms with E-state index in [1.54, 1.807) is 14.1 Å². The summed E-state index contributed by atoms with van der Waals surface area (Å²) in [5.74, 6) is 0. The van der Waals surface area contributed by atoms with Crippen LogP contribution in [0.4, 0.5) is 0 Å². The third kappa shape index (κ3) is 1.90. The third-order valence-corrected chi connectivity index (χ3v) is 2.29. The highest BCUT2D eigenvalue weighted by Crippen LogP contribution is 1.97. The van der Waals surface area contributed by atoms with E-state index in [-0.39, 0.29) is 3.89 Å². The molecule has 1 N–H and O–H groups in total. The molecule has 4 heteroatoms. The van der Waals surface area contributed by atoms with E-state index in [0.717, 1.165) is 0 Å². The second-order valence-electron chi connectivity index (χ2n) is 2.12. The largest absolute Gasteiger partial charge is 0.358 e. The molecule has 0 amide bonds. The van der Waals surface area contributed by atoms with Crippen molar-refractivity contribution in [3.8, 4) is 0 Å². The van der Waals surface area contributed by atoms with Gasteiger partial charge in [-0.05, 0) is 6.92 Å². The average Bonchev–Trinajstić information content (AvgIpc) is 1.67. The Bertz CT molecular complexity index is 102. The Labute approximate surface area is 52.3 Å². The molecule has 1 unspecified atom stereocenters. The van der Waals surface area contributed by atoms with Crippen molar-refractivity contribution in [3.05, 3.63) is 0 Å². The zero-order chi connectivity index (χ0) is 6.78. The molecule has 50 valence electrons. The van der Waals surface area contributed by atoms with Gasteiger partial charge in [-0.25, -0.2) is 3.89 Å². The van der Waals surface area contributed by atoms with Crippen LogP contribution in [-0.2, 0) is 11.3 Å². The van der Waals surface area contributed by atoms with E-state index < -0.39 is 11.3 Å². The van der Waals surface area contributed by atoms with Gasteiger partial charge in [-0.2, -0.15) is 4.21 Å². The topological polar surface area (TPSA) is 37.3 Å². The van der Waals surface area contributed by atoms with Gasteiger partial charge in [0, 0.05) is 0 Å². The van der Waals surface area contributed by atoms with Crippen molar-refractivity contribution in [1.82, 2.24) is 0 Å². The lowest BCUT2D eigenvalue weighted by Gasteiger charge is -2.20. The quantitative estimate of drug-likeness (QED) is 0.438. The van der Waals surface area contributed by atoms with Crippen LogP contribution >= 0.6 is 0 Å². The number of nitrogens with zero attached hydrogens (tertiary/aromatic N) is 1. The first-order valence-electron chi connectivity index (χ1n) is 2.45. The number of hydrogen-bond donors (Lipinski definition) is 1. The van der Waals surface area contributed by atoms with Crippen molar-refractivity contribution in [2.45, 2.75) is 6.92 Å². The SMILES string of the molecule is CC[N+](C)(C)S(=O)O. The van der Waals surface area contributed by atoms with Gasteiger partial charge in [-0.1, -0.05) is 0 Å². The van der Waals surface area contributed by atoms with E-state index >= 15 is 0 Å². The highest BCUT2D eigenvalue weighted by atomic mass is 32.2. The first kappa shape index (κ1) is 8.07. The lowest BCUT2D eigenvalue weighted by Crippen LogP contribution is -2.40. The Kier molecular flexibility index (Phi) is 2.59. The molecular weight excluding hydrogens is 126 g/mol. The molecule has 0 aliphatic rings. The Morgan fingerprint density at radius 2 is 2.00 bits per heavy atom. The lowest BCUT2D eigenvalue weighted by atomic mass is 10.7. The van der Waals surface area contributed by atoms with Gasteiger partial charge in [-0.3, -0.25) is 4.55 Å². The molecule has 0 saturated carbocycles. The summed E-state index contributed by atoms with van der Waals surface area (Å²) in [4.78, 5) is 0. The molecule has 8 heavy (non-hydrogen) atoms. The zero-order valence-corrected chi connectivity index (χ0v) is 6.23. The maximum Gasteiger partial charge on any atom is 0.358 e. The second kappa shape index (κ2) is 2.57. The fraction of sp³-hybridized carbons (Fsp3) is 1.00. The molecule has 0 aromatic rings. The van der Waals surface area contributed by atoms with Crippen LogP contribution in [0.25, 0.3) is 0 Å². The minimum atomic E-state index is -1.74. The van der Waals surface area contributed by atoms with Crippen molar-refractivity contribution >= 4 is 11.3 Å². The molecule has 0 heterocycles. The van der Waals surface area contributed by atoms with E-state index in [4.69, 9.17) is 4.55 Å². The van der Waals surface area contributed by atoms with Gasteiger partial charge in [0.15, 0.2) is 0 Å². The number of hydrogen-bond acceptors (Lipinski definition) is 1. The van der Waals surface area contributed by atoms with Crippen LogP contribution in [0.2, 0.25) is 0 Å². The number of quaternary nitrogens is 1. The van der Waals surface area contributed by atoms with Gasteiger partial charge in [0.05, 0.1) is 20.6 Å². The summed E-state index contributed by atoms with van der Waals surface area (Å²) in [7, 11) is 3.41. The number of rotatable bonds is 2. The molecule has 0 fully saturated rings. The Morgan fingerprint density at radius 3 is 2.00 bits per heavy atom. The van der Waals surface area contributed by atoms with Gasteiger partial charge in [0.2, 0.25) is 0 Å². The van der Waals surface area contributed by atoms with Gasteiger partial charge >= 0.3 is 11.3 Å². The minimum Gasteiger partial charge on any atom is -0.261 e. The van der Waals surface area contributed by atoms with Crippen LogP contribution in [0, 0.1) is 0 Å². The third-order valence-electron chi connectivity index (χ3n) is 1.18. The van der Waals surface area contributed by atoms with Crippen molar-refractivity contribution in [2.24, 2.45) is 0 Å². The molecule has 0 bridgehead atoms. The van der Waals surface area contributed by atoms with Crippen molar-refractivity contribution in [3.63, 3.8) is 0 Å². The zero-order valence-electron chi connectivity index (χ0n) is 5.42. The van der Waals surface area contributed by atoms with Gasteiger partial charge < -0.3 is 0 Å². The van der Waals surface area contributed by atoms with Crippen molar-refractivity contribution in [2.75, 3.05) is 20.6 Å². The first-order chi connectivity index (χ1) is 3.50. The molecule has 0 saturated heterocycles. The van der Waals surface area contributed by atoms with Crippen LogP contribution in [-0.4, -0.2) is 33.3 Å². The molecule has 0 radical (unpaired) electrons. The highest BCUT2D eigenvalue weighted by Gasteiger charge is 2.18. The van der Waals surface area contributed by atoms with Crippen molar-refractivity contribution < 1.29 is 12.6 Å². The van der Waals surface area contributed by atoms with Gasteiger partial charge in [0.1, 0.15) is 0 Å². The summed E-state index contributed by atoms with van der Waals surface area (Å²) in [6.07, 6.45) is 0. The molecule has 0 aliphatic heterocycles. The fourth-order valence-electron chi connectivity index (χ4n) is 0.110. The van der Waals surface area contributed by atoms with E-state index in [0.29, 0.717) is 6.54 Å². The van der Waals surface area contributed by atoms with E-state index in [1.807, 2.05) is 6.92 Å². The van der Waals surface area contributed by atoms with E-state index in [1.165, 1.54) is 0 Å². The predicted octanol–water partition coefficient (Wildman–Crippen LogP) is 0.219. The maximum absolute atomic E-state index is 10.3. The smallest absolute Gasteiger partial charge is 0.261 e. The normalized spacial score (nSPS) is 16.0. The molecule has 1 atom stereocenters. The Morgan fingerprint density at radius 1 is 1.62 bits per heavy atom. The molecule has 0 aromatic carbocycles. The summed E-state index contributed by atoms with van der Waals surface area (Å²) >= 11 is -1.74. The second-order valence-corrected chi connectivity index (χ2v) is 3.57. The first-order valence-corrected chi connectivity index (χ1v) is 3.51. The molecule has 0 aromatic heterocycles. The standard InChI is InChI=1S/C4H11NO2S/c1-4-5(2,3)8(6)7/h4H2,1-3H3/p+1. The summed E-state index contributed by atoms with van der Waals surface area (Å²) in [6, 6.07) is 0. The van der Waals surface area contributed by atoms with Crippen LogP contribution in [0.5, 0.6) is 0 Å². The summed E-state index contributed by atoms with van der Waals surface area (Å²) in [5, 5.41) is 0. The minimum absolute atomic E-state index is 0.153. The van der Waals surface area contributed by atoms with E-state index in [2.05, 4.69) is 0 Å². The van der Waals surface area contributed by atoms with Gasteiger partial charge in [-0.15, -0.1) is 0 Å². The summed E-state index contributed by atoms with van der Waals surface area (Å²) in [5.41, 5.74) is 0. The molecule has 0 rings (SSSR count). The van der Waals surface area contributed by atoms with Crippen LogP contribution in [0.15, 0.2) is 0 Å². The molecule has 3 nitrogen and oxygen atoms in total. The Hall–Kier alpha value is 0.0700. The molecular formula is C4H12NO2S+. The van der Waals surface area contributed by atoms with Gasteiger partial charge in [0.25, 0.3) is 0 Å². The van der Waals surface area contributed by atoms with Crippen molar-refractivity contribution in [1.29, 1.82) is 0 Å². The maximum atomic E-state index is 10.3. The summed E-state index contributed by atoms with van der Waals surface area (Å²) < 4.78 is 19.0. The molecule has 0 aliphatic carbocycles. The Balaban J connectivity index is 3.91. The highest BCUT2D eigenvalue weighted by molar-refractivity contribution is 7.73. The van der Waals surface area contributed by atoms with Crippen LogP contribution in [0.3, 0.4) is 0 Å². The summed E-state index contributed by atoms with van der Waals surface area (Å²) in [6.45, 7) is 2.54. The van der Waals surface area contributed by atoms with Crippen LogP contribution < -0.4 is 0 Å². The lowest BCUT2D eigenvalue weighted by molar-refractivity contribution is -0.760.